The highest BCUT2D eigenvalue weighted by molar-refractivity contribution is 5.35. The number of methoxy groups -OCH3 is 1. The van der Waals surface area contributed by atoms with Crippen molar-refractivity contribution in [3.8, 4) is 11.5 Å². The maximum atomic E-state index is 5.87. The molecule has 3 nitrogen and oxygen atoms in total. The Hall–Kier alpha value is -1.84. The topological polar surface area (TPSA) is 30.5 Å². The van der Waals surface area contributed by atoms with Gasteiger partial charge in [0.05, 0.1) is 6.61 Å². The first kappa shape index (κ1) is 15.5. The maximum Gasteiger partial charge on any atom is 0.127 e. The molecule has 0 aliphatic rings. The average molecular weight is 285 g/mol. The van der Waals surface area contributed by atoms with E-state index in [0.717, 1.165) is 23.6 Å². The fraction of sp³-hybridized carbons (Fsp3) is 0.333. The van der Waals surface area contributed by atoms with Crippen molar-refractivity contribution < 1.29 is 9.47 Å². The first-order chi connectivity index (χ1) is 10.2. The molecule has 0 aliphatic heterocycles. The van der Waals surface area contributed by atoms with E-state index in [0.29, 0.717) is 12.6 Å². The van der Waals surface area contributed by atoms with E-state index in [1.165, 1.54) is 5.56 Å². The van der Waals surface area contributed by atoms with E-state index in [1.807, 2.05) is 36.4 Å². The second-order valence-electron chi connectivity index (χ2n) is 5.36. The van der Waals surface area contributed by atoms with Gasteiger partial charge in [-0.15, -0.1) is 0 Å². The molecule has 0 unspecified atom stereocenters. The van der Waals surface area contributed by atoms with Gasteiger partial charge in [-0.25, -0.2) is 0 Å². The molecule has 112 valence electrons. The summed E-state index contributed by atoms with van der Waals surface area (Å²) >= 11 is 0. The Bertz CT molecular complexity index is 549. The average Bonchev–Trinajstić information content (AvgIpc) is 2.47. The molecular formula is C18H23NO2. The van der Waals surface area contributed by atoms with Gasteiger partial charge in [0, 0.05) is 19.7 Å². The Kier molecular flexibility index (Phi) is 5.78. The smallest absolute Gasteiger partial charge is 0.127 e. The van der Waals surface area contributed by atoms with E-state index in [2.05, 4.69) is 31.3 Å². The zero-order valence-corrected chi connectivity index (χ0v) is 12.9. The monoisotopic (exact) mass is 285 g/mol. The lowest BCUT2D eigenvalue weighted by molar-refractivity contribution is 0.184. The van der Waals surface area contributed by atoms with Gasteiger partial charge in [-0.05, 0) is 35.4 Å². The van der Waals surface area contributed by atoms with Crippen molar-refractivity contribution in [3.05, 3.63) is 59.7 Å². The van der Waals surface area contributed by atoms with Gasteiger partial charge in [0.15, 0.2) is 0 Å². The second kappa shape index (κ2) is 7.81. The Morgan fingerprint density at radius 2 is 1.71 bits per heavy atom. The first-order valence-corrected chi connectivity index (χ1v) is 7.25. The fourth-order valence-electron chi connectivity index (χ4n) is 2.00. The molecule has 0 fully saturated rings. The predicted molar refractivity (Wildman–Crippen MR) is 85.6 cm³/mol. The van der Waals surface area contributed by atoms with Crippen molar-refractivity contribution in [2.75, 3.05) is 7.11 Å². The van der Waals surface area contributed by atoms with Crippen LogP contribution in [-0.4, -0.2) is 13.2 Å². The molecule has 0 spiro atoms. The second-order valence-corrected chi connectivity index (χ2v) is 5.36. The summed E-state index contributed by atoms with van der Waals surface area (Å²) < 4.78 is 11.0. The third-order valence-electron chi connectivity index (χ3n) is 3.08. The van der Waals surface area contributed by atoms with Gasteiger partial charge in [-0.1, -0.05) is 38.1 Å². The van der Waals surface area contributed by atoms with Crippen LogP contribution in [0.5, 0.6) is 11.5 Å². The number of benzene rings is 2. The highest BCUT2D eigenvalue weighted by Crippen LogP contribution is 2.23. The quantitative estimate of drug-likeness (QED) is 0.830. The summed E-state index contributed by atoms with van der Waals surface area (Å²) in [5.74, 6) is 1.68. The molecule has 0 bridgehead atoms. The van der Waals surface area contributed by atoms with Crippen LogP contribution in [0.2, 0.25) is 0 Å². The summed E-state index contributed by atoms with van der Waals surface area (Å²) in [7, 11) is 1.69. The molecule has 0 amide bonds. The zero-order chi connectivity index (χ0) is 15.1. The van der Waals surface area contributed by atoms with Crippen LogP contribution < -0.4 is 10.1 Å². The molecule has 0 saturated carbocycles. The molecule has 2 aromatic carbocycles. The summed E-state index contributed by atoms with van der Waals surface area (Å²) in [6.45, 7) is 5.76. The van der Waals surface area contributed by atoms with Gasteiger partial charge in [-0.3, -0.25) is 0 Å². The van der Waals surface area contributed by atoms with E-state index < -0.39 is 0 Å². The summed E-state index contributed by atoms with van der Waals surface area (Å²) in [5, 5.41) is 3.40. The van der Waals surface area contributed by atoms with Crippen LogP contribution in [0, 0.1) is 0 Å². The van der Waals surface area contributed by atoms with Gasteiger partial charge in [-0.2, -0.15) is 0 Å². The molecule has 0 heterocycles. The largest absolute Gasteiger partial charge is 0.457 e. The molecule has 2 rings (SSSR count). The minimum Gasteiger partial charge on any atom is -0.457 e. The van der Waals surface area contributed by atoms with E-state index in [4.69, 9.17) is 9.47 Å². The van der Waals surface area contributed by atoms with Crippen LogP contribution in [0.4, 0.5) is 0 Å². The number of ether oxygens (including phenoxy) is 2. The van der Waals surface area contributed by atoms with Crippen LogP contribution in [0.15, 0.2) is 48.5 Å². The summed E-state index contributed by atoms with van der Waals surface area (Å²) in [5.41, 5.74) is 2.36. The number of nitrogens with one attached hydrogen (secondary N) is 1. The van der Waals surface area contributed by atoms with Crippen molar-refractivity contribution in [1.82, 2.24) is 5.32 Å². The van der Waals surface area contributed by atoms with E-state index in [1.54, 1.807) is 7.11 Å². The van der Waals surface area contributed by atoms with Crippen LogP contribution in [0.3, 0.4) is 0 Å². The molecule has 0 aromatic heterocycles. The van der Waals surface area contributed by atoms with Crippen molar-refractivity contribution in [1.29, 1.82) is 0 Å². The van der Waals surface area contributed by atoms with Crippen LogP contribution in [-0.2, 0) is 17.9 Å². The Morgan fingerprint density at radius 1 is 0.952 bits per heavy atom. The molecule has 1 N–H and O–H groups in total. The SMILES string of the molecule is COCc1cccc(Oc2ccc(CNC(C)C)cc2)c1. The van der Waals surface area contributed by atoms with E-state index in [-0.39, 0.29) is 0 Å². The molecule has 2 aromatic rings. The third-order valence-corrected chi connectivity index (χ3v) is 3.08. The highest BCUT2D eigenvalue weighted by Gasteiger charge is 2.00. The highest BCUT2D eigenvalue weighted by atomic mass is 16.5. The zero-order valence-electron chi connectivity index (χ0n) is 12.9. The predicted octanol–water partition coefficient (Wildman–Crippen LogP) is 4.12. The Morgan fingerprint density at radius 3 is 2.38 bits per heavy atom. The van der Waals surface area contributed by atoms with Gasteiger partial charge in [0.2, 0.25) is 0 Å². The summed E-state index contributed by atoms with van der Waals surface area (Å²) in [6, 6.07) is 16.6. The third kappa shape index (κ3) is 5.21. The van der Waals surface area contributed by atoms with Crippen molar-refractivity contribution in [3.63, 3.8) is 0 Å². The molecule has 0 radical (unpaired) electrons. The Labute approximate surface area is 126 Å². The van der Waals surface area contributed by atoms with E-state index in [9.17, 15) is 0 Å². The molecule has 21 heavy (non-hydrogen) atoms. The van der Waals surface area contributed by atoms with Crippen molar-refractivity contribution >= 4 is 0 Å². The molecule has 3 heteroatoms. The normalized spacial score (nSPS) is 10.9. The molecule has 0 atom stereocenters. The summed E-state index contributed by atoms with van der Waals surface area (Å²) in [4.78, 5) is 0. The molecule has 0 saturated heterocycles. The summed E-state index contributed by atoms with van der Waals surface area (Å²) in [6.07, 6.45) is 0. The molecule has 0 aliphatic carbocycles. The molecular weight excluding hydrogens is 262 g/mol. The fourth-order valence-corrected chi connectivity index (χ4v) is 2.00. The number of hydrogen-bond acceptors (Lipinski definition) is 3. The van der Waals surface area contributed by atoms with Gasteiger partial charge in [0.25, 0.3) is 0 Å². The van der Waals surface area contributed by atoms with Crippen molar-refractivity contribution in [2.24, 2.45) is 0 Å². The van der Waals surface area contributed by atoms with Gasteiger partial charge >= 0.3 is 0 Å². The Balaban J connectivity index is 1.98. The van der Waals surface area contributed by atoms with Gasteiger partial charge < -0.3 is 14.8 Å². The van der Waals surface area contributed by atoms with Crippen LogP contribution in [0.25, 0.3) is 0 Å². The minimum absolute atomic E-state index is 0.490. The lowest BCUT2D eigenvalue weighted by Gasteiger charge is -2.10. The standard InChI is InChI=1S/C18H23NO2/c1-14(2)19-12-15-7-9-17(10-8-15)21-18-6-4-5-16(11-18)13-20-3/h4-11,14,19H,12-13H2,1-3H3. The van der Waals surface area contributed by atoms with Crippen LogP contribution in [0.1, 0.15) is 25.0 Å². The van der Waals surface area contributed by atoms with E-state index >= 15 is 0 Å². The maximum absolute atomic E-state index is 5.87. The lowest BCUT2D eigenvalue weighted by atomic mass is 10.2. The first-order valence-electron chi connectivity index (χ1n) is 7.25. The van der Waals surface area contributed by atoms with Crippen LogP contribution >= 0.6 is 0 Å². The lowest BCUT2D eigenvalue weighted by Crippen LogP contribution is -2.21. The number of rotatable bonds is 7. The van der Waals surface area contributed by atoms with Crippen molar-refractivity contribution in [2.45, 2.75) is 33.0 Å². The number of hydrogen-bond donors (Lipinski definition) is 1. The minimum atomic E-state index is 0.490. The van der Waals surface area contributed by atoms with Gasteiger partial charge in [0.1, 0.15) is 11.5 Å².